The zero-order valence-corrected chi connectivity index (χ0v) is 27.4. The van der Waals surface area contributed by atoms with Crippen LogP contribution in [0.5, 0.6) is 0 Å². The maximum absolute atomic E-state index is 4.79. The number of fused-ring (bicyclic) bond motifs is 3. The molecule has 7 heteroatoms. The molecule has 0 unspecified atom stereocenters. The van der Waals surface area contributed by atoms with Crippen molar-refractivity contribution in [1.82, 2.24) is 28.7 Å². The van der Waals surface area contributed by atoms with Crippen molar-refractivity contribution in [3.05, 3.63) is 135 Å². The van der Waals surface area contributed by atoms with Gasteiger partial charge in [0, 0.05) is 21.1 Å². The predicted octanol–water partition coefficient (Wildman–Crippen LogP) is 8.08. The van der Waals surface area contributed by atoms with E-state index in [0.717, 1.165) is 67.3 Å². The first-order valence-corrected chi connectivity index (χ1v) is 13.8. The molecule has 0 radical (unpaired) electrons. The van der Waals surface area contributed by atoms with Crippen molar-refractivity contribution in [3.8, 4) is 34.2 Å². The Bertz CT molecular complexity index is 2090. The van der Waals surface area contributed by atoms with Crippen LogP contribution in [-0.4, -0.2) is 28.7 Å². The molecule has 5 aromatic carbocycles. The van der Waals surface area contributed by atoms with E-state index in [1.54, 1.807) is 0 Å². The molecule has 0 spiro atoms. The van der Waals surface area contributed by atoms with Crippen LogP contribution < -0.4 is 0 Å². The maximum atomic E-state index is 4.79. The molecule has 0 aliphatic carbocycles. The molecule has 6 nitrogen and oxygen atoms in total. The molecule has 3 heterocycles. The monoisotopic (exact) mass is 752 g/mol. The Morgan fingerprint density at radius 2 is 0.818 bits per heavy atom. The maximum Gasteiger partial charge on any atom is 3.00 e. The third kappa shape index (κ3) is 5.48. The normalized spacial score (nSPS) is 10.7. The average Bonchev–Trinajstić information content (AvgIpc) is 3.69. The Labute approximate surface area is 271 Å². The molecule has 0 bridgehead atoms. The molecule has 8 aromatic rings. The molecule has 0 fully saturated rings. The van der Waals surface area contributed by atoms with Crippen molar-refractivity contribution >= 4 is 33.1 Å². The number of aryl methyl sites for hydroxylation is 3. The summed E-state index contributed by atoms with van der Waals surface area (Å²) in [6.07, 6.45) is 0. The van der Waals surface area contributed by atoms with E-state index in [1.807, 2.05) is 118 Å². The fourth-order valence-electron chi connectivity index (χ4n) is 5.42. The van der Waals surface area contributed by atoms with Gasteiger partial charge in [0.15, 0.2) is 0 Å². The van der Waals surface area contributed by atoms with Crippen LogP contribution in [0.2, 0.25) is 0 Å². The largest absolute Gasteiger partial charge is 3.00 e. The Morgan fingerprint density at radius 3 is 1.20 bits per heavy atom. The summed E-state index contributed by atoms with van der Waals surface area (Å²) in [6.45, 7) is 0. The number of benzene rings is 5. The van der Waals surface area contributed by atoms with Crippen LogP contribution >= 0.6 is 0 Å². The van der Waals surface area contributed by atoms with Gasteiger partial charge in [0.2, 0.25) is 0 Å². The molecule has 3 aromatic heterocycles. The number of hydrogen-bond donors (Lipinski definition) is 0. The van der Waals surface area contributed by atoms with Crippen LogP contribution in [0.3, 0.4) is 0 Å². The average molecular weight is 752 g/mol. The number of rotatable bonds is 3. The van der Waals surface area contributed by atoms with Crippen molar-refractivity contribution < 1.29 is 20.1 Å². The van der Waals surface area contributed by atoms with Gasteiger partial charge in [-0.1, -0.05) is 47.5 Å². The molecule has 8 rings (SSSR count). The van der Waals surface area contributed by atoms with Crippen molar-refractivity contribution in [3.63, 3.8) is 0 Å². The minimum absolute atomic E-state index is 0. The van der Waals surface area contributed by atoms with Gasteiger partial charge in [-0.25, -0.2) is 0 Å². The van der Waals surface area contributed by atoms with Gasteiger partial charge in [-0.05, 0) is 36.4 Å². The van der Waals surface area contributed by atoms with Crippen LogP contribution in [0.4, 0.5) is 0 Å². The van der Waals surface area contributed by atoms with Crippen molar-refractivity contribution in [2.24, 2.45) is 21.1 Å². The van der Waals surface area contributed by atoms with E-state index < -0.39 is 0 Å². The summed E-state index contributed by atoms with van der Waals surface area (Å²) < 4.78 is 6.32. The summed E-state index contributed by atoms with van der Waals surface area (Å²) >= 11 is 0. The number of imidazole rings is 3. The van der Waals surface area contributed by atoms with E-state index in [0.29, 0.717) is 0 Å². The first kappa shape index (κ1) is 30.6. The van der Waals surface area contributed by atoms with Crippen LogP contribution in [0.15, 0.2) is 115 Å². The number of nitrogens with zero attached hydrogens (tertiary/aromatic N) is 6. The molecule has 0 aliphatic heterocycles. The molecule has 0 amide bonds. The third-order valence-corrected chi connectivity index (χ3v) is 7.59. The Morgan fingerprint density at radius 1 is 0.455 bits per heavy atom. The van der Waals surface area contributed by atoms with E-state index in [9.17, 15) is 0 Å². The predicted molar refractivity (Wildman–Crippen MR) is 176 cm³/mol. The second-order valence-electron chi connectivity index (χ2n) is 10.2. The molecular weight excluding hydrogens is 721 g/mol. The molecular formula is C37H31IrN6. The second-order valence-corrected chi connectivity index (χ2v) is 10.2. The summed E-state index contributed by atoms with van der Waals surface area (Å²) in [5.74, 6) is 2.78. The first-order valence-electron chi connectivity index (χ1n) is 13.8. The fraction of sp³-hybridized carbons (Fsp3) is 0.0811. The zero-order valence-electron chi connectivity index (χ0n) is 25.0. The van der Waals surface area contributed by atoms with Crippen LogP contribution in [0.1, 0.15) is 0 Å². The molecule has 0 aliphatic rings. The van der Waals surface area contributed by atoms with Crippen LogP contribution in [0, 0.1) is 19.6 Å². The van der Waals surface area contributed by atoms with Gasteiger partial charge < -0.3 is 21.1 Å². The van der Waals surface area contributed by atoms with Crippen molar-refractivity contribution in [2.75, 3.05) is 0 Å². The summed E-state index contributed by atoms with van der Waals surface area (Å²) in [7, 11) is 6.12. The van der Waals surface area contributed by atoms with Gasteiger partial charge in [-0.3, -0.25) is 15.0 Å². The molecule has 44 heavy (non-hydrogen) atoms. The van der Waals surface area contributed by atoms with E-state index in [-0.39, 0.29) is 27.5 Å². The van der Waals surface area contributed by atoms with Crippen LogP contribution in [-0.2, 0) is 41.2 Å². The fourth-order valence-corrected chi connectivity index (χ4v) is 5.42. The summed E-state index contributed by atoms with van der Waals surface area (Å²) in [6, 6.07) is 45.2. The Balaban J connectivity index is 0.000000185. The van der Waals surface area contributed by atoms with Gasteiger partial charge in [0.1, 0.15) is 0 Å². The Kier molecular flexibility index (Phi) is 8.91. The van der Waals surface area contributed by atoms with Gasteiger partial charge >= 0.3 is 20.1 Å². The standard InChI is InChI=1S/C22H17N4.C14H11N2.CH3.Ir/c1-25-19-12-5-3-10-17(19)23-21(25)15-8-7-9-16(14-15)22-24-18-11-4-6-13-20(18)26(22)2;1-16-13-10-6-5-9-12(13)15-14(16)11-7-3-2-4-8-11;;/h3-13H,1-2H3;2-7,9-10H,1H3;1H3;/q3*-1;+3. The molecule has 0 N–H and O–H groups in total. The minimum atomic E-state index is 0. The Hall–Kier alpha value is -4.84. The summed E-state index contributed by atoms with van der Waals surface area (Å²) in [5, 5.41) is 0. The summed E-state index contributed by atoms with van der Waals surface area (Å²) in [5.41, 5.74) is 9.35. The van der Waals surface area contributed by atoms with E-state index in [4.69, 9.17) is 9.97 Å². The molecule has 218 valence electrons. The van der Waals surface area contributed by atoms with Gasteiger partial charge in [-0.15, -0.1) is 60.2 Å². The van der Waals surface area contributed by atoms with Gasteiger partial charge in [0.25, 0.3) is 0 Å². The van der Waals surface area contributed by atoms with Gasteiger partial charge in [0.05, 0.1) is 50.6 Å². The second kappa shape index (κ2) is 12.8. The SMILES string of the molecule is Cn1c(-c2[c-]c(-c3nc4ccccc4n3C)ccc2)nc2ccccc21.Cn1c(-c2[c-]cccc2)nc2ccccc21.[CH3-].[Ir+3]. The number of hydrogen-bond acceptors (Lipinski definition) is 3. The van der Waals surface area contributed by atoms with E-state index in [1.165, 1.54) is 0 Å². The smallest absolute Gasteiger partial charge is 0.367 e. The number of para-hydroxylation sites is 6. The third-order valence-electron chi connectivity index (χ3n) is 7.59. The first-order chi connectivity index (χ1) is 20.6. The topological polar surface area (TPSA) is 53.5 Å². The molecule has 0 saturated carbocycles. The molecule has 0 atom stereocenters. The molecule has 0 saturated heterocycles. The van der Waals surface area contributed by atoms with Crippen LogP contribution in [0.25, 0.3) is 67.3 Å². The van der Waals surface area contributed by atoms with Gasteiger partial charge in [-0.2, -0.15) is 0 Å². The quantitative estimate of drug-likeness (QED) is 0.172. The number of aromatic nitrogens is 6. The summed E-state index contributed by atoms with van der Waals surface area (Å²) in [4.78, 5) is 14.2. The van der Waals surface area contributed by atoms with Crippen molar-refractivity contribution in [2.45, 2.75) is 0 Å². The van der Waals surface area contributed by atoms with Crippen molar-refractivity contribution in [1.29, 1.82) is 0 Å². The minimum Gasteiger partial charge on any atom is -0.367 e. The zero-order chi connectivity index (χ0) is 28.6. The van der Waals surface area contributed by atoms with E-state index in [2.05, 4.69) is 49.0 Å². The van der Waals surface area contributed by atoms with E-state index >= 15 is 0 Å².